The Morgan fingerprint density at radius 3 is 2.70 bits per heavy atom. The van der Waals surface area contributed by atoms with Crippen molar-refractivity contribution in [3.05, 3.63) is 49.9 Å². The number of halogens is 1. The van der Waals surface area contributed by atoms with E-state index in [-0.39, 0.29) is 0 Å². The average molecular weight is 353 g/mol. The monoisotopic (exact) mass is 352 g/mol. The standard InChI is InChI=1S/C16H21BrN2S/c1-4-18-10-14-16(11(2)3)19-15(20-14)9-12-7-5-6-8-13(12)17/h5-8,11,18H,4,9-10H2,1-3H3. The molecule has 0 aliphatic heterocycles. The van der Waals surface area contributed by atoms with Gasteiger partial charge in [-0.1, -0.05) is 54.9 Å². The highest BCUT2D eigenvalue weighted by Gasteiger charge is 2.14. The maximum Gasteiger partial charge on any atom is 0.0975 e. The van der Waals surface area contributed by atoms with Gasteiger partial charge in [-0.2, -0.15) is 0 Å². The van der Waals surface area contributed by atoms with Crippen LogP contribution >= 0.6 is 27.3 Å². The van der Waals surface area contributed by atoms with Crippen LogP contribution in [0.25, 0.3) is 0 Å². The Bertz CT molecular complexity index is 563. The molecule has 0 aliphatic rings. The summed E-state index contributed by atoms with van der Waals surface area (Å²) in [6, 6.07) is 8.37. The van der Waals surface area contributed by atoms with E-state index in [1.807, 2.05) is 17.4 Å². The van der Waals surface area contributed by atoms with Crippen molar-refractivity contribution in [3.63, 3.8) is 0 Å². The normalized spacial score (nSPS) is 11.2. The summed E-state index contributed by atoms with van der Waals surface area (Å²) >= 11 is 5.45. The Morgan fingerprint density at radius 2 is 2.05 bits per heavy atom. The number of rotatable bonds is 6. The van der Waals surface area contributed by atoms with Crippen LogP contribution in [0.5, 0.6) is 0 Å². The molecule has 0 bridgehead atoms. The lowest BCUT2D eigenvalue weighted by atomic mass is 10.1. The van der Waals surface area contributed by atoms with E-state index in [1.165, 1.54) is 21.1 Å². The van der Waals surface area contributed by atoms with E-state index in [1.54, 1.807) is 0 Å². The molecule has 0 radical (unpaired) electrons. The summed E-state index contributed by atoms with van der Waals surface area (Å²) in [5.41, 5.74) is 2.55. The number of thiazole rings is 1. The molecule has 2 aromatic rings. The minimum Gasteiger partial charge on any atom is -0.312 e. The molecule has 0 saturated heterocycles. The molecule has 1 heterocycles. The highest BCUT2D eigenvalue weighted by atomic mass is 79.9. The van der Waals surface area contributed by atoms with Crippen LogP contribution in [-0.4, -0.2) is 11.5 Å². The zero-order valence-corrected chi connectivity index (χ0v) is 14.6. The van der Waals surface area contributed by atoms with Crippen molar-refractivity contribution in [3.8, 4) is 0 Å². The third-order valence-electron chi connectivity index (χ3n) is 3.15. The van der Waals surface area contributed by atoms with E-state index in [0.29, 0.717) is 5.92 Å². The second-order valence-electron chi connectivity index (χ2n) is 5.12. The topological polar surface area (TPSA) is 24.9 Å². The lowest BCUT2D eigenvalue weighted by Crippen LogP contribution is -2.12. The van der Waals surface area contributed by atoms with Gasteiger partial charge in [0, 0.05) is 22.3 Å². The van der Waals surface area contributed by atoms with Crippen LogP contribution in [0, 0.1) is 0 Å². The van der Waals surface area contributed by atoms with Crippen LogP contribution in [0.3, 0.4) is 0 Å². The van der Waals surface area contributed by atoms with Crippen LogP contribution in [0.4, 0.5) is 0 Å². The van der Waals surface area contributed by atoms with Gasteiger partial charge in [0.1, 0.15) is 0 Å². The number of aromatic nitrogens is 1. The quantitative estimate of drug-likeness (QED) is 0.812. The molecule has 0 fully saturated rings. The Labute approximate surface area is 133 Å². The molecule has 0 unspecified atom stereocenters. The Balaban J connectivity index is 2.22. The predicted molar refractivity (Wildman–Crippen MR) is 90.5 cm³/mol. The van der Waals surface area contributed by atoms with Gasteiger partial charge in [-0.3, -0.25) is 0 Å². The molecule has 2 nitrogen and oxygen atoms in total. The maximum absolute atomic E-state index is 4.86. The molecule has 0 saturated carbocycles. The van der Waals surface area contributed by atoms with Gasteiger partial charge in [0.2, 0.25) is 0 Å². The molecular weight excluding hydrogens is 332 g/mol. The van der Waals surface area contributed by atoms with Gasteiger partial charge >= 0.3 is 0 Å². The lowest BCUT2D eigenvalue weighted by molar-refractivity contribution is 0.713. The molecule has 0 amide bonds. The number of hydrogen-bond acceptors (Lipinski definition) is 3. The first-order valence-corrected chi connectivity index (χ1v) is 8.65. The van der Waals surface area contributed by atoms with Gasteiger partial charge in [0.05, 0.1) is 10.7 Å². The molecule has 4 heteroatoms. The fourth-order valence-corrected chi connectivity index (χ4v) is 3.75. The fourth-order valence-electron chi connectivity index (χ4n) is 2.11. The fraction of sp³-hybridized carbons (Fsp3) is 0.438. The predicted octanol–water partition coefficient (Wildman–Crippen LogP) is 4.73. The summed E-state index contributed by atoms with van der Waals surface area (Å²) in [7, 11) is 0. The molecular formula is C16H21BrN2S. The van der Waals surface area contributed by atoms with Crippen molar-refractivity contribution in [1.82, 2.24) is 10.3 Å². The minimum absolute atomic E-state index is 0.480. The summed E-state index contributed by atoms with van der Waals surface area (Å²) in [5.74, 6) is 0.480. The molecule has 0 spiro atoms. The highest BCUT2D eigenvalue weighted by Crippen LogP contribution is 2.28. The van der Waals surface area contributed by atoms with Gasteiger partial charge < -0.3 is 5.32 Å². The number of benzene rings is 1. The molecule has 1 N–H and O–H groups in total. The Hall–Kier alpha value is -0.710. The molecule has 20 heavy (non-hydrogen) atoms. The van der Waals surface area contributed by atoms with Crippen molar-refractivity contribution in [2.45, 2.75) is 39.7 Å². The van der Waals surface area contributed by atoms with E-state index < -0.39 is 0 Å². The number of nitrogens with zero attached hydrogens (tertiary/aromatic N) is 1. The maximum atomic E-state index is 4.86. The minimum atomic E-state index is 0.480. The summed E-state index contributed by atoms with van der Waals surface area (Å²) in [5, 5.41) is 4.61. The Morgan fingerprint density at radius 1 is 1.30 bits per heavy atom. The molecule has 108 valence electrons. The van der Waals surface area contributed by atoms with Gasteiger partial charge in [0.25, 0.3) is 0 Å². The lowest BCUT2D eigenvalue weighted by Gasteiger charge is -2.04. The first-order valence-electron chi connectivity index (χ1n) is 7.04. The number of hydrogen-bond donors (Lipinski definition) is 1. The SMILES string of the molecule is CCNCc1sc(Cc2ccccc2Br)nc1C(C)C. The van der Waals surface area contributed by atoms with Crippen LogP contribution in [0.15, 0.2) is 28.7 Å². The Kier molecular flexibility index (Phi) is 5.75. The first-order chi connectivity index (χ1) is 9.61. The van der Waals surface area contributed by atoms with Crippen LogP contribution in [-0.2, 0) is 13.0 Å². The molecule has 0 atom stereocenters. The molecule has 1 aromatic carbocycles. The highest BCUT2D eigenvalue weighted by molar-refractivity contribution is 9.10. The molecule has 1 aromatic heterocycles. The first kappa shape index (κ1) is 15.7. The van der Waals surface area contributed by atoms with E-state index in [2.05, 4.69) is 60.2 Å². The largest absolute Gasteiger partial charge is 0.312 e. The van der Waals surface area contributed by atoms with Gasteiger partial charge in [-0.05, 0) is 24.1 Å². The van der Waals surface area contributed by atoms with E-state index in [9.17, 15) is 0 Å². The van der Waals surface area contributed by atoms with Gasteiger partial charge in [0.15, 0.2) is 0 Å². The summed E-state index contributed by atoms with van der Waals surface area (Å²) in [6.45, 7) is 8.49. The summed E-state index contributed by atoms with van der Waals surface area (Å²) < 4.78 is 1.16. The van der Waals surface area contributed by atoms with Crippen molar-refractivity contribution >= 4 is 27.3 Å². The van der Waals surface area contributed by atoms with Gasteiger partial charge in [-0.15, -0.1) is 11.3 Å². The summed E-state index contributed by atoms with van der Waals surface area (Å²) in [6.07, 6.45) is 0.901. The second-order valence-corrected chi connectivity index (χ2v) is 7.14. The van der Waals surface area contributed by atoms with E-state index in [0.717, 1.165) is 24.0 Å². The molecule has 2 rings (SSSR count). The van der Waals surface area contributed by atoms with Gasteiger partial charge in [-0.25, -0.2) is 4.98 Å². The number of nitrogens with one attached hydrogen (secondary N) is 1. The van der Waals surface area contributed by atoms with Crippen molar-refractivity contribution in [2.75, 3.05) is 6.54 Å². The van der Waals surface area contributed by atoms with Crippen molar-refractivity contribution in [2.24, 2.45) is 0 Å². The molecule has 0 aliphatic carbocycles. The van der Waals surface area contributed by atoms with E-state index in [4.69, 9.17) is 4.98 Å². The van der Waals surface area contributed by atoms with Crippen molar-refractivity contribution in [1.29, 1.82) is 0 Å². The van der Waals surface area contributed by atoms with Crippen LogP contribution in [0.2, 0.25) is 0 Å². The second kappa shape index (κ2) is 7.34. The smallest absolute Gasteiger partial charge is 0.0975 e. The van der Waals surface area contributed by atoms with Crippen LogP contribution < -0.4 is 5.32 Å². The third-order valence-corrected chi connectivity index (χ3v) is 5.00. The zero-order chi connectivity index (χ0) is 14.5. The third kappa shape index (κ3) is 3.90. The van der Waals surface area contributed by atoms with Crippen LogP contribution in [0.1, 0.15) is 47.8 Å². The van der Waals surface area contributed by atoms with Crippen molar-refractivity contribution < 1.29 is 0 Å². The summed E-state index contributed by atoms with van der Waals surface area (Å²) in [4.78, 5) is 6.24. The zero-order valence-electron chi connectivity index (χ0n) is 12.2. The average Bonchev–Trinajstić information content (AvgIpc) is 2.82. The van der Waals surface area contributed by atoms with E-state index >= 15 is 0 Å².